The number of aromatic nitrogens is 2. The minimum Gasteiger partial charge on any atom is -0.338 e. The van der Waals surface area contributed by atoms with Crippen molar-refractivity contribution in [1.29, 1.82) is 0 Å². The van der Waals surface area contributed by atoms with Gasteiger partial charge in [-0.25, -0.2) is 0 Å². The quantitative estimate of drug-likeness (QED) is 0.801. The van der Waals surface area contributed by atoms with Crippen LogP contribution in [-0.4, -0.2) is 10.1 Å². The van der Waals surface area contributed by atoms with E-state index in [-0.39, 0.29) is 6.04 Å². The average Bonchev–Trinajstić information content (AvgIpc) is 2.64. The van der Waals surface area contributed by atoms with Gasteiger partial charge in [-0.05, 0) is 18.3 Å². The Labute approximate surface area is 83.9 Å². The van der Waals surface area contributed by atoms with Crippen molar-refractivity contribution < 1.29 is 4.52 Å². The first-order valence-corrected chi connectivity index (χ1v) is 5.13. The molecular formula is C10H17N3O. The van der Waals surface area contributed by atoms with Crippen LogP contribution in [0.25, 0.3) is 0 Å². The number of nitrogens with two attached hydrogens (primary N) is 1. The Kier molecular flexibility index (Phi) is 2.10. The molecular weight excluding hydrogens is 178 g/mol. The highest BCUT2D eigenvalue weighted by Crippen LogP contribution is 2.57. The van der Waals surface area contributed by atoms with Crippen molar-refractivity contribution >= 4 is 0 Å². The fourth-order valence-corrected chi connectivity index (χ4v) is 1.62. The van der Waals surface area contributed by atoms with Gasteiger partial charge < -0.3 is 10.3 Å². The van der Waals surface area contributed by atoms with Gasteiger partial charge in [-0.2, -0.15) is 4.98 Å². The number of rotatable bonds is 3. The summed E-state index contributed by atoms with van der Waals surface area (Å²) in [7, 11) is 0. The maximum Gasteiger partial charge on any atom is 0.243 e. The molecule has 1 aliphatic rings. The standard InChI is InChI=1S/C10H17N3O/c1-4-7(11)9-12-8(13-14-9)6-5-10(6,2)3/h6-7H,4-5,11H2,1-3H3/t6?,7-/m1/s1. The maximum absolute atomic E-state index is 5.80. The monoisotopic (exact) mass is 195 g/mol. The highest BCUT2D eigenvalue weighted by atomic mass is 16.5. The Hall–Kier alpha value is -0.900. The second-order valence-corrected chi connectivity index (χ2v) is 4.75. The third kappa shape index (κ3) is 1.54. The van der Waals surface area contributed by atoms with Crippen LogP contribution in [0.2, 0.25) is 0 Å². The molecule has 1 fully saturated rings. The largest absolute Gasteiger partial charge is 0.338 e. The maximum atomic E-state index is 5.80. The Morgan fingerprint density at radius 2 is 2.29 bits per heavy atom. The van der Waals surface area contributed by atoms with E-state index in [9.17, 15) is 0 Å². The van der Waals surface area contributed by atoms with Crippen LogP contribution in [0.1, 0.15) is 57.3 Å². The molecule has 0 radical (unpaired) electrons. The first kappa shape index (κ1) is 9.65. The smallest absolute Gasteiger partial charge is 0.243 e. The molecule has 1 aliphatic carbocycles. The minimum absolute atomic E-state index is 0.113. The van der Waals surface area contributed by atoms with Gasteiger partial charge in [0.2, 0.25) is 5.89 Å². The Morgan fingerprint density at radius 1 is 1.64 bits per heavy atom. The summed E-state index contributed by atoms with van der Waals surface area (Å²) < 4.78 is 5.13. The first-order chi connectivity index (χ1) is 6.54. The molecule has 2 N–H and O–H groups in total. The summed E-state index contributed by atoms with van der Waals surface area (Å²) in [6, 6.07) is -0.113. The van der Waals surface area contributed by atoms with Gasteiger partial charge in [-0.15, -0.1) is 0 Å². The van der Waals surface area contributed by atoms with Crippen molar-refractivity contribution in [3.05, 3.63) is 11.7 Å². The van der Waals surface area contributed by atoms with Gasteiger partial charge in [0.1, 0.15) is 0 Å². The number of nitrogens with zero attached hydrogens (tertiary/aromatic N) is 2. The van der Waals surface area contributed by atoms with E-state index in [1.54, 1.807) is 0 Å². The molecule has 1 unspecified atom stereocenters. The first-order valence-electron chi connectivity index (χ1n) is 5.13. The van der Waals surface area contributed by atoms with E-state index in [2.05, 4.69) is 24.0 Å². The van der Waals surface area contributed by atoms with Crippen LogP contribution in [0.3, 0.4) is 0 Å². The Balaban J connectivity index is 2.11. The topological polar surface area (TPSA) is 64.9 Å². The molecule has 0 bridgehead atoms. The second kappa shape index (κ2) is 3.05. The summed E-state index contributed by atoms with van der Waals surface area (Å²) in [6.07, 6.45) is 1.98. The third-order valence-electron chi connectivity index (χ3n) is 3.04. The lowest BCUT2D eigenvalue weighted by Crippen LogP contribution is -2.08. The molecule has 1 saturated carbocycles. The molecule has 1 aromatic rings. The van der Waals surface area contributed by atoms with E-state index >= 15 is 0 Å². The van der Waals surface area contributed by atoms with Crippen LogP contribution in [0.5, 0.6) is 0 Å². The molecule has 2 atom stereocenters. The van der Waals surface area contributed by atoms with Crippen LogP contribution >= 0.6 is 0 Å². The molecule has 14 heavy (non-hydrogen) atoms. The van der Waals surface area contributed by atoms with E-state index in [0.29, 0.717) is 17.2 Å². The van der Waals surface area contributed by atoms with Gasteiger partial charge in [0, 0.05) is 5.92 Å². The zero-order valence-corrected chi connectivity index (χ0v) is 8.95. The predicted molar refractivity (Wildman–Crippen MR) is 52.7 cm³/mol. The van der Waals surface area contributed by atoms with Crippen molar-refractivity contribution in [3.8, 4) is 0 Å². The minimum atomic E-state index is -0.113. The van der Waals surface area contributed by atoms with Gasteiger partial charge in [-0.1, -0.05) is 25.9 Å². The van der Waals surface area contributed by atoms with Crippen LogP contribution in [-0.2, 0) is 0 Å². The van der Waals surface area contributed by atoms with Crippen molar-refractivity contribution in [2.75, 3.05) is 0 Å². The molecule has 0 saturated heterocycles. The summed E-state index contributed by atoms with van der Waals surface area (Å²) in [5, 5.41) is 3.98. The molecule has 2 rings (SSSR count). The zero-order chi connectivity index (χ0) is 10.3. The van der Waals surface area contributed by atoms with Crippen molar-refractivity contribution in [1.82, 2.24) is 10.1 Å². The lowest BCUT2D eigenvalue weighted by Gasteiger charge is -1.99. The Morgan fingerprint density at radius 3 is 2.79 bits per heavy atom. The predicted octanol–water partition coefficient (Wildman–Crippen LogP) is 1.99. The van der Waals surface area contributed by atoms with E-state index in [4.69, 9.17) is 10.3 Å². The molecule has 0 aromatic carbocycles. The molecule has 1 heterocycles. The normalized spacial score (nSPS) is 26.1. The summed E-state index contributed by atoms with van der Waals surface area (Å²) in [4.78, 5) is 4.34. The lowest BCUT2D eigenvalue weighted by atomic mass is 10.1. The van der Waals surface area contributed by atoms with E-state index in [1.807, 2.05) is 6.92 Å². The average molecular weight is 195 g/mol. The zero-order valence-electron chi connectivity index (χ0n) is 8.95. The summed E-state index contributed by atoms with van der Waals surface area (Å²) >= 11 is 0. The van der Waals surface area contributed by atoms with Crippen LogP contribution < -0.4 is 5.73 Å². The van der Waals surface area contributed by atoms with Gasteiger partial charge in [-0.3, -0.25) is 0 Å². The third-order valence-corrected chi connectivity index (χ3v) is 3.04. The fraction of sp³-hybridized carbons (Fsp3) is 0.800. The molecule has 0 aliphatic heterocycles. The molecule has 0 spiro atoms. The number of hydrogen-bond acceptors (Lipinski definition) is 4. The van der Waals surface area contributed by atoms with Crippen molar-refractivity contribution in [2.45, 2.75) is 45.6 Å². The summed E-state index contributed by atoms with van der Waals surface area (Å²) in [6.45, 7) is 6.44. The van der Waals surface area contributed by atoms with Gasteiger partial charge in [0.15, 0.2) is 5.82 Å². The lowest BCUT2D eigenvalue weighted by molar-refractivity contribution is 0.347. The molecule has 0 amide bonds. The fourth-order valence-electron chi connectivity index (χ4n) is 1.62. The molecule has 78 valence electrons. The van der Waals surface area contributed by atoms with Crippen LogP contribution in [0.15, 0.2) is 4.52 Å². The molecule has 4 nitrogen and oxygen atoms in total. The van der Waals surface area contributed by atoms with E-state index in [0.717, 1.165) is 18.7 Å². The molecule has 4 heteroatoms. The van der Waals surface area contributed by atoms with Gasteiger partial charge in [0.05, 0.1) is 6.04 Å². The second-order valence-electron chi connectivity index (χ2n) is 4.75. The molecule has 1 aromatic heterocycles. The van der Waals surface area contributed by atoms with Crippen molar-refractivity contribution in [3.63, 3.8) is 0 Å². The summed E-state index contributed by atoms with van der Waals surface area (Å²) in [5.74, 6) is 1.86. The van der Waals surface area contributed by atoms with E-state index < -0.39 is 0 Å². The van der Waals surface area contributed by atoms with E-state index in [1.165, 1.54) is 0 Å². The van der Waals surface area contributed by atoms with Gasteiger partial charge >= 0.3 is 0 Å². The highest BCUT2D eigenvalue weighted by molar-refractivity contribution is 5.14. The van der Waals surface area contributed by atoms with Gasteiger partial charge in [0.25, 0.3) is 0 Å². The van der Waals surface area contributed by atoms with Crippen molar-refractivity contribution in [2.24, 2.45) is 11.1 Å². The SMILES string of the molecule is CC[C@@H](N)c1nc(C2CC2(C)C)no1. The summed E-state index contributed by atoms with van der Waals surface area (Å²) in [5.41, 5.74) is 6.14. The Bertz CT molecular complexity index is 332. The van der Waals surface area contributed by atoms with Crippen LogP contribution in [0.4, 0.5) is 0 Å². The number of hydrogen-bond donors (Lipinski definition) is 1. The highest BCUT2D eigenvalue weighted by Gasteiger charge is 2.49. The van der Waals surface area contributed by atoms with Crippen LogP contribution in [0, 0.1) is 5.41 Å².